The number of hydrogen-bond donors (Lipinski definition) is 2. The van der Waals surface area contributed by atoms with Crippen LogP contribution in [0.5, 0.6) is 5.88 Å². The molecule has 2 heterocycles. The maximum atomic E-state index is 13.6. The van der Waals surface area contributed by atoms with Crippen LogP contribution in [0, 0.1) is 24.6 Å². The molecule has 132 valence electrons. The molecule has 0 spiro atoms. The fourth-order valence-electron chi connectivity index (χ4n) is 3.57. The van der Waals surface area contributed by atoms with Gasteiger partial charge < -0.3 is 15.8 Å². The van der Waals surface area contributed by atoms with E-state index in [1.165, 1.54) is 6.07 Å². The molecule has 25 heavy (non-hydrogen) atoms. The van der Waals surface area contributed by atoms with Gasteiger partial charge in [-0.25, -0.2) is 9.37 Å². The lowest BCUT2D eigenvalue weighted by atomic mass is 9.94. The number of piperidine rings is 1. The molecule has 3 N–H and O–H groups in total. The zero-order valence-electron chi connectivity index (χ0n) is 14.8. The zero-order valence-corrected chi connectivity index (χ0v) is 14.8. The van der Waals surface area contributed by atoms with Crippen molar-refractivity contribution in [2.45, 2.75) is 32.4 Å². The summed E-state index contributed by atoms with van der Waals surface area (Å²) >= 11 is 0. The van der Waals surface area contributed by atoms with Gasteiger partial charge in [0.1, 0.15) is 11.9 Å². The summed E-state index contributed by atoms with van der Waals surface area (Å²) in [6, 6.07) is 8.93. The molecule has 1 saturated carbocycles. The standard InChI is InChI=1S/C20H24FN3O/c1-11-6-12(4-5-16(11)21)17-7-13(20(2,3)22)8-18(24-17)25-19-14-9-23-10-15(14)19/h4-8,14-15,19,23H,9-10,22H2,1-3H3/t14-,15+,19?. The lowest BCUT2D eigenvalue weighted by Gasteiger charge is -2.21. The number of nitrogens with one attached hydrogen (secondary N) is 1. The van der Waals surface area contributed by atoms with Crippen LogP contribution in [0.15, 0.2) is 30.3 Å². The molecule has 0 amide bonds. The molecular formula is C20H24FN3O. The van der Waals surface area contributed by atoms with Gasteiger partial charge >= 0.3 is 0 Å². The highest BCUT2D eigenvalue weighted by molar-refractivity contribution is 5.62. The Labute approximate surface area is 147 Å². The number of nitrogens with two attached hydrogens (primary N) is 1. The third kappa shape index (κ3) is 3.14. The molecule has 1 saturated heterocycles. The zero-order chi connectivity index (χ0) is 17.8. The van der Waals surface area contributed by atoms with Crippen LogP contribution < -0.4 is 15.8 Å². The van der Waals surface area contributed by atoms with E-state index in [-0.39, 0.29) is 11.9 Å². The van der Waals surface area contributed by atoms with Crippen LogP contribution in [0.4, 0.5) is 4.39 Å². The predicted octanol–water partition coefficient (Wildman–Crippen LogP) is 2.99. The second-order valence-electron chi connectivity index (χ2n) is 7.83. The first-order valence-corrected chi connectivity index (χ1v) is 8.78. The predicted molar refractivity (Wildman–Crippen MR) is 95.8 cm³/mol. The Kier molecular flexibility index (Phi) is 3.81. The summed E-state index contributed by atoms with van der Waals surface area (Å²) in [7, 11) is 0. The van der Waals surface area contributed by atoms with E-state index in [2.05, 4.69) is 10.3 Å². The second-order valence-corrected chi connectivity index (χ2v) is 7.83. The monoisotopic (exact) mass is 341 g/mol. The smallest absolute Gasteiger partial charge is 0.214 e. The maximum Gasteiger partial charge on any atom is 0.214 e. The fraction of sp³-hybridized carbons (Fsp3) is 0.450. The molecule has 3 atom stereocenters. The maximum absolute atomic E-state index is 13.6. The van der Waals surface area contributed by atoms with Gasteiger partial charge in [-0.3, -0.25) is 0 Å². The highest BCUT2D eigenvalue weighted by Crippen LogP contribution is 2.44. The first-order chi connectivity index (χ1) is 11.8. The van der Waals surface area contributed by atoms with E-state index in [1.807, 2.05) is 32.0 Å². The van der Waals surface area contributed by atoms with Crippen molar-refractivity contribution in [1.82, 2.24) is 10.3 Å². The van der Waals surface area contributed by atoms with Crippen LogP contribution in [0.1, 0.15) is 25.0 Å². The van der Waals surface area contributed by atoms with E-state index in [4.69, 9.17) is 10.5 Å². The lowest BCUT2D eigenvalue weighted by Crippen LogP contribution is -2.29. The van der Waals surface area contributed by atoms with Crippen molar-refractivity contribution < 1.29 is 9.13 Å². The molecule has 2 aromatic rings. The van der Waals surface area contributed by atoms with E-state index in [0.717, 1.165) is 29.9 Å². The van der Waals surface area contributed by atoms with Gasteiger partial charge in [0.15, 0.2) is 0 Å². The molecule has 4 nitrogen and oxygen atoms in total. The number of aromatic nitrogens is 1. The van der Waals surface area contributed by atoms with Crippen LogP contribution >= 0.6 is 0 Å². The first-order valence-electron chi connectivity index (χ1n) is 8.78. The third-order valence-corrected chi connectivity index (χ3v) is 5.27. The van der Waals surface area contributed by atoms with Gasteiger partial charge in [0.2, 0.25) is 5.88 Å². The highest BCUT2D eigenvalue weighted by Gasteiger charge is 2.55. The van der Waals surface area contributed by atoms with Crippen LogP contribution in [-0.2, 0) is 5.54 Å². The molecule has 4 rings (SSSR count). The number of aryl methyl sites for hydroxylation is 1. The molecule has 1 aromatic carbocycles. The molecular weight excluding hydrogens is 317 g/mol. The molecule has 0 bridgehead atoms. The van der Waals surface area contributed by atoms with Crippen LogP contribution in [-0.4, -0.2) is 24.2 Å². The minimum absolute atomic E-state index is 0.214. The SMILES string of the molecule is Cc1cc(-c2cc(C(C)(C)N)cc(OC3[C@H]4CNC[C@@H]34)n2)ccc1F. The summed E-state index contributed by atoms with van der Waals surface area (Å²) in [6.07, 6.45) is 0.243. The van der Waals surface area contributed by atoms with Crippen LogP contribution in [0.25, 0.3) is 11.3 Å². The number of benzene rings is 1. The summed E-state index contributed by atoms with van der Waals surface area (Å²) in [5, 5.41) is 3.37. The quantitative estimate of drug-likeness (QED) is 0.897. The minimum atomic E-state index is -0.508. The van der Waals surface area contributed by atoms with Crippen molar-refractivity contribution in [1.29, 1.82) is 0 Å². The lowest BCUT2D eigenvalue weighted by molar-refractivity contribution is 0.251. The van der Waals surface area contributed by atoms with Gasteiger partial charge in [0.05, 0.1) is 5.69 Å². The highest BCUT2D eigenvalue weighted by atomic mass is 19.1. The molecule has 2 aliphatic rings. The fourth-order valence-corrected chi connectivity index (χ4v) is 3.57. The molecule has 1 aliphatic heterocycles. The van der Waals surface area contributed by atoms with Gasteiger partial charge in [-0.15, -0.1) is 0 Å². The van der Waals surface area contributed by atoms with Crippen molar-refractivity contribution >= 4 is 0 Å². The van der Waals surface area contributed by atoms with Crippen molar-refractivity contribution in [2.24, 2.45) is 17.6 Å². The van der Waals surface area contributed by atoms with Crippen molar-refractivity contribution in [3.8, 4) is 17.1 Å². The Hall–Kier alpha value is -1.98. The molecule has 1 unspecified atom stereocenters. The Morgan fingerprint density at radius 3 is 2.56 bits per heavy atom. The summed E-state index contributed by atoms with van der Waals surface area (Å²) in [4.78, 5) is 4.67. The van der Waals surface area contributed by atoms with Crippen LogP contribution in [0.2, 0.25) is 0 Å². The average Bonchev–Trinajstić information content (AvgIpc) is 2.98. The van der Waals surface area contributed by atoms with Gasteiger partial charge in [-0.05, 0) is 56.2 Å². The molecule has 0 radical (unpaired) electrons. The number of nitrogens with zero attached hydrogens (tertiary/aromatic N) is 1. The summed E-state index contributed by atoms with van der Waals surface area (Å²) in [5.41, 5.74) is 8.99. The Morgan fingerprint density at radius 2 is 1.92 bits per heavy atom. The van der Waals surface area contributed by atoms with Gasteiger partial charge in [-0.1, -0.05) is 0 Å². The minimum Gasteiger partial charge on any atom is -0.474 e. The van der Waals surface area contributed by atoms with E-state index >= 15 is 0 Å². The third-order valence-electron chi connectivity index (χ3n) is 5.27. The number of rotatable bonds is 4. The van der Waals surface area contributed by atoms with Crippen molar-refractivity contribution in [3.63, 3.8) is 0 Å². The van der Waals surface area contributed by atoms with Gasteiger partial charge in [0.25, 0.3) is 0 Å². The van der Waals surface area contributed by atoms with Crippen molar-refractivity contribution in [2.75, 3.05) is 13.1 Å². The number of ether oxygens (including phenoxy) is 1. The Balaban J connectivity index is 1.70. The molecule has 1 aliphatic carbocycles. The van der Waals surface area contributed by atoms with E-state index < -0.39 is 5.54 Å². The average molecular weight is 341 g/mol. The number of pyridine rings is 1. The van der Waals surface area contributed by atoms with Crippen LogP contribution in [0.3, 0.4) is 0 Å². The number of fused-ring (bicyclic) bond motifs is 1. The summed E-state index contributed by atoms with van der Waals surface area (Å²) in [6.45, 7) is 7.71. The van der Waals surface area contributed by atoms with E-state index in [9.17, 15) is 4.39 Å². The number of halogens is 1. The molecule has 2 fully saturated rings. The van der Waals surface area contributed by atoms with E-state index in [1.54, 1.807) is 13.0 Å². The second kappa shape index (κ2) is 5.78. The summed E-state index contributed by atoms with van der Waals surface area (Å²) in [5.74, 6) is 1.57. The van der Waals surface area contributed by atoms with Gasteiger partial charge in [0, 0.05) is 42.1 Å². The first kappa shape index (κ1) is 16.5. The molecule has 5 heteroatoms. The topological polar surface area (TPSA) is 60.2 Å². The largest absolute Gasteiger partial charge is 0.474 e. The number of hydrogen-bond acceptors (Lipinski definition) is 4. The Bertz CT molecular complexity index is 805. The summed E-state index contributed by atoms with van der Waals surface area (Å²) < 4.78 is 19.8. The normalized spacial score (nSPS) is 24.9. The van der Waals surface area contributed by atoms with Crippen molar-refractivity contribution in [3.05, 3.63) is 47.3 Å². The van der Waals surface area contributed by atoms with Gasteiger partial charge in [-0.2, -0.15) is 0 Å². The van der Waals surface area contributed by atoms with E-state index in [0.29, 0.717) is 23.3 Å². The molecule has 1 aromatic heterocycles. The Morgan fingerprint density at radius 1 is 1.20 bits per heavy atom.